The van der Waals surface area contributed by atoms with Gasteiger partial charge in [0.25, 0.3) is 0 Å². The first-order valence-electron chi connectivity index (χ1n) is 10.8. The number of hydrogen-bond acceptors (Lipinski definition) is 3. The van der Waals surface area contributed by atoms with Crippen molar-refractivity contribution in [3.63, 3.8) is 0 Å². The first-order valence-corrected chi connectivity index (χ1v) is 10.8. The Morgan fingerprint density at radius 2 is 1.93 bits per heavy atom. The van der Waals surface area contributed by atoms with Gasteiger partial charge in [-0.1, -0.05) is 36.8 Å². The molecule has 3 heterocycles. The van der Waals surface area contributed by atoms with Crippen molar-refractivity contribution in [2.45, 2.75) is 75.9 Å². The van der Waals surface area contributed by atoms with E-state index in [1.807, 2.05) is 6.07 Å². The summed E-state index contributed by atoms with van der Waals surface area (Å²) in [6.07, 6.45) is 6.76. The fourth-order valence-electron chi connectivity index (χ4n) is 5.43. The molecule has 3 aliphatic rings. The average molecular weight is 385 g/mol. The van der Waals surface area contributed by atoms with Gasteiger partial charge in [0.15, 0.2) is 0 Å². The minimum atomic E-state index is -0.336. The second-order valence-corrected chi connectivity index (χ2v) is 8.91. The van der Waals surface area contributed by atoms with E-state index in [9.17, 15) is 9.59 Å². The number of hydrogen-bond donors (Lipinski definition) is 1. The number of amides is 2. The molecule has 5 heteroatoms. The minimum absolute atomic E-state index is 0.0514. The van der Waals surface area contributed by atoms with E-state index in [-0.39, 0.29) is 35.4 Å². The van der Waals surface area contributed by atoms with Crippen molar-refractivity contribution in [2.75, 3.05) is 13.2 Å². The maximum atomic E-state index is 13.6. The van der Waals surface area contributed by atoms with E-state index in [1.165, 1.54) is 5.56 Å². The van der Waals surface area contributed by atoms with Crippen LogP contribution in [0.5, 0.6) is 0 Å². The van der Waals surface area contributed by atoms with Crippen LogP contribution in [0.25, 0.3) is 0 Å². The molecule has 0 aliphatic carbocycles. The minimum Gasteiger partial charge on any atom is -0.381 e. The van der Waals surface area contributed by atoms with Crippen LogP contribution in [-0.4, -0.2) is 47.6 Å². The van der Waals surface area contributed by atoms with Gasteiger partial charge < -0.3 is 15.0 Å². The van der Waals surface area contributed by atoms with Crippen LogP contribution in [0.3, 0.4) is 0 Å². The molecule has 1 aromatic rings. The molecule has 4 rings (SSSR count). The summed E-state index contributed by atoms with van der Waals surface area (Å²) in [6, 6.07) is 10.6. The molecule has 152 valence electrons. The third-order valence-corrected chi connectivity index (χ3v) is 6.82. The van der Waals surface area contributed by atoms with Crippen LogP contribution in [0.2, 0.25) is 0 Å². The van der Waals surface area contributed by atoms with Crippen molar-refractivity contribution in [3.05, 3.63) is 35.9 Å². The number of nitrogens with zero attached hydrogens (tertiary/aromatic N) is 1. The third kappa shape index (κ3) is 3.95. The molecule has 1 aromatic carbocycles. The fourth-order valence-corrected chi connectivity index (χ4v) is 5.43. The molecule has 0 radical (unpaired) electrons. The van der Waals surface area contributed by atoms with Crippen LogP contribution in [0.1, 0.15) is 57.4 Å². The highest BCUT2D eigenvalue weighted by molar-refractivity contribution is 5.81. The molecule has 3 saturated heterocycles. The molecule has 3 fully saturated rings. The van der Waals surface area contributed by atoms with Gasteiger partial charge in [0.1, 0.15) is 0 Å². The van der Waals surface area contributed by atoms with E-state index < -0.39 is 0 Å². The summed E-state index contributed by atoms with van der Waals surface area (Å²) in [5.74, 6) is 0.453. The smallest absolute Gasteiger partial charge is 0.226 e. The molecular formula is C23H32N2O3. The van der Waals surface area contributed by atoms with Crippen molar-refractivity contribution >= 4 is 11.8 Å². The van der Waals surface area contributed by atoms with Crippen molar-refractivity contribution in [3.8, 4) is 0 Å². The monoisotopic (exact) mass is 384 g/mol. The Morgan fingerprint density at radius 3 is 2.68 bits per heavy atom. The number of rotatable bonds is 3. The Balaban J connectivity index is 1.63. The number of benzene rings is 1. The Kier molecular flexibility index (Phi) is 5.72. The molecule has 3 atom stereocenters. The van der Waals surface area contributed by atoms with Crippen molar-refractivity contribution < 1.29 is 14.3 Å². The zero-order valence-electron chi connectivity index (χ0n) is 16.9. The summed E-state index contributed by atoms with van der Waals surface area (Å²) in [6.45, 7) is 3.49. The predicted octanol–water partition coefficient (Wildman–Crippen LogP) is 3.07. The fraction of sp³-hybridized carbons (Fsp3) is 0.652. The average Bonchev–Trinajstić information content (AvgIpc) is 2.95. The molecule has 0 aromatic heterocycles. The van der Waals surface area contributed by atoms with Crippen LogP contribution >= 0.6 is 0 Å². The molecule has 3 aliphatic heterocycles. The lowest BCUT2D eigenvalue weighted by atomic mass is 9.85. The molecule has 2 amide bonds. The molecule has 0 saturated carbocycles. The Bertz CT molecular complexity index is 701. The highest BCUT2D eigenvalue weighted by Crippen LogP contribution is 2.40. The molecule has 1 N–H and O–H groups in total. The predicted molar refractivity (Wildman–Crippen MR) is 108 cm³/mol. The number of fused-ring (bicyclic) bond motifs is 1. The van der Waals surface area contributed by atoms with Gasteiger partial charge in [0.2, 0.25) is 11.8 Å². The highest BCUT2D eigenvalue weighted by Gasteiger charge is 2.52. The normalized spacial score (nSPS) is 31.6. The summed E-state index contributed by atoms with van der Waals surface area (Å²) >= 11 is 0. The lowest BCUT2D eigenvalue weighted by Gasteiger charge is -2.40. The standard InChI is InChI=1S/C23H32N2O3/c1-23-16-19(15-17-7-3-2-4-8-17)25(22(27)18-11-13-28-14-12-18)20(23)9-5-6-10-21(26)24-23/h2-4,7-8,18-20H,5-6,9-16H2,1H3,(H,24,26)/t19-,20+,23+/m1/s1. The van der Waals surface area contributed by atoms with E-state index in [4.69, 9.17) is 4.74 Å². The molecule has 5 nitrogen and oxygen atoms in total. The van der Waals surface area contributed by atoms with Gasteiger partial charge >= 0.3 is 0 Å². The summed E-state index contributed by atoms with van der Waals surface area (Å²) in [5.41, 5.74) is 0.916. The van der Waals surface area contributed by atoms with E-state index in [1.54, 1.807) is 0 Å². The van der Waals surface area contributed by atoms with E-state index in [2.05, 4.69) is 41.4 Å². The lowest BCUT2D eigenvalue weighted by molar-refractivity contribution is -0.143. The van der Waals surface area contributed by atoms with Gasteiger partial charge in [0, 0.05) is 31.6 Å². The largest absolute Gasteiger partial charge is 0.381 e. The first kappa shape index (κ1) is 19.4. The van der Waals surface area contributed by atoms with Gasteiger partial charge in [-0.15, -0.1) is 0 Å². The Morgan fingerprint density at radius 1 is 1.18 bits per heavy atom. The van der Waals surface area contributed by atoms with E-state index in [0.717, 1.165) is 44.9 Å². The van der Waals surface area contributed by atoms with Crippen LogP contribution in [-0.2, 0) is 20.7 Å². The number of carbonyl (C=O) groups is 2. The van der Waals surface area contributed by atoms with Gasteiger partial charge in [0.05, 0.1) is 11.6 Å². The molecule has 0 bridgehead atoms. The molecule has 0 spiro atoms. The summed E-state index contributed by atoms with van der Waals surface area (Å²) < 4.78 is 5.48. The van der Waals surface area contributed by atoms with Crippen LogP contribution < -0.4 is 5.32 Å². The summed E-state index contributed by atoms with van der Waals surface area (Å²) in [5, 5.41) is 3.30. The Hall–Kier alpha value is -1.88. The molecule has 0 unspecified atom stereocenters. The van der Waals surface area contributed by atoms with Gasteiger partial charge in [-0.2, -0.15) is 0 Å². The quantitative estimate of drug-likeness (QED) is 0.871. The number of carbonyl (C=O) groups excluding carboxylic acids is 2. The molecular weight excluding hydrogens is 352 g/mol. The zero-order chi connectivity index (χ0) is 19.6. The Labute approximate surface area is 167 Å². The van der Waals surface area contributed by atoms with Gasteiger partial charge in [-0.05, 0) is 51.0 Å². The van der Waals surface area contributed by atoms with Crippen LogP contribution in [0.4, 0.5) is 0 Å². The topological polar surface area (TPSA) is 58.6 Å². The van der Waals surface area contributed by atoms with E-state index in [0.29, 0.717) is 19.6 Å². The van der Waals surface area contributed by atoms with Crippen molar-refractivity contribution in [1.82, 2.24) is 10.2 Å². The third-order valence-electron chi connectivity index (χ3n) is 6.82. The zero-order valence-corrected chi connectivity index (χ0v) is 16.9. The number of ether oxygens (including phenoxy) is 1. The second-order valence-electron chi connectivity index (χ2n) is 8.91. The summed E-state index contributed by atoms with van der Waals surface area (Å²) in [4.78, 5) is 28.2. The maximum absolute atomic E-state index is 13.6. The van der Waals surface area contributed by atoms with Gasteiger partial charge in [-0.3, -0.25) is 9.59 Å². The van der Waals surface area contributed by atoms with Crippen molar-refractivity contribution in [1.29, 1.82) is 0 Å². The number of nitrogens with one attached hydrogen (secondary N) is 1. The summed E-state index contributed by atoms with van der Waals surface area (Å²) in [7, 11) is 0. The molecule has 28 heavy (non-hydrogen) atoms. The SMILES string of the molecule is C[C@]12C[C@@H](Cc3ccccc3)N(C(=O)C3CCOCC3)[C@H]1CCCCC(=O)N2. The van der Waals surface area contributed by atoms with Crippen LogP contribution in [0.15, 0.2) is 30.3 Å². The second kappa shape index (κ2) is 8.24. The van der Waals surface area contributed by atoms with E-state index >= 15 is 0 Å². The lowest BCUT2D eigenvalue weighted by Crippen LogP contribution is -2.57. The van der Waals surface area contributed by atoms with Crippen molar-refractivity contribution in [2.24, 2.45) is 5.92 Å². The first-order chi connectivity index (χ1) is 13.6. The maximum Gasteiger partial charge on any atom is 0.226 e. The highest BCUT2D eigenvalue weighted by atomic mass is 16.5. The number of likely N-dealkylation sites (tertiary alicyclic amines) is 1. The van der Waals surface area contributed by atoms with Gasteiger partial charge in [-0.25, -0.2) is 0 Å². The van der Waals surface area contributed by atoms with Crippen LogP contribution in [0, 0.1) is 5.92 Å².